The molecule has 1 amide bonds. The fourth-order valence-electron chi connectivity index (χ4n) is 3.88. The molecule has 1 aliphatic carbocycles. The largest absolute Gasteiger partial charge is 0.344 e. The Morgan fingerprint density at radius 3 is 2.53 bits per heavy atom. The number of rotatable bonds is 6. The monoisotopic (exact) mass is 444 g/mol. The molecular formula is C25H24N4O2S. The Bertz CT molecular complexity index is 1350. The molecule has 0 unspecified atom stereocenters. The highest BCUT2D eigenvalue weighted by Gasteiger charge is 2.30. The van der Waals surface area contributed by atoms with Crippen molar-refractivity contribution in [2.75, 3.05) is 11.1 Å². The van der Waals surface area contributed by atoms with E-state index in [9.17, 15) is 9.59 Å². The number of aromatic nitrogens is 3. The average molecular weight is 445 g/mol. The zero-order valence-electron chi connectivity index (χ0n) is 18.0. The second-order valence-corrected chi connectivity index (χ2v) is 9.16. The number of benzene rings is 2. The van der Waals surface area contributed by atoms with Gasteiger partial charge in [0.05, 0.1) is 5.75 Å². The Labute approximate surface area is 190 Å². The maximum atomic E-state index is 13.5. The summed E-state index contributed by atoms with van der Waals surface area (Å²) in [5.74, 6) is 0.0679. The van der Waals surface area contributed by atoms with Crippen LogP contribution in [0.3, 0.4) is 0 Å². The summed E-state index contributed by atoms with van der Waals surface area (Å²) in [5, 5.41) is 3.52. The van der Waals surface area contributed by atoms with Gasteiger partial charge in [-0.1, -0.05) is 59.8 Å². The molecule has 0 saturated heterocycles. The van der Waals surface area contributed by atoms with E-state index in [0.717, 1.165) is 35.2 Å². The molecule has 162 valence electrons. The van der Waals surface area contributed by atoms with E-state index in [4.69, 9.17) is 4.98 Å². The normalized spacial score (nSPS) is 13.4. The highest BCUT2D eigenvalue weighted by atomic mass is 32.2. The molecule has 7 heteroatoms. The van der Waals surface area contributed by atoms with Crippen molar-refractivity contribution in [3.8, 4) is 11.1 Å². The van der Waals surface area contributed by atoms with Crippen LogP contribution in [0.5, 0.6) is 0 Å². The van der Waals surface area contributed by atoms with Crippen LogP contribution in [-0.2, 0) is 11.8 Å². The number of amides is 1. The molecule has 32 heavy (non-hydrogen) atoms. The second kappa shape index (κ2) is 8.31. The van der Waals surface area contributed by atoms with Crippen LogP contribution in [-0.4, -0.2) is 25.8 Å². The number of thioether (sulfide) groups is 1. The number of nitrogens with one attached hydrogen (secondary N) is 1. The van der Waals surface area contributed by atoms with Gasteiger partial charge in [0.25, 0.3) is 5.56 Å². The Morgan fingerprint density at radius 2 is 1.84 bits per heavy atom. The summed E-state index contributed by atoms with van der Waals surface area (Å²) >= 11 is 1.32. The Balaban J connectivity index is 1.49. The van der Waals surface area contributed by atoms with Crippen LogP contribution in [0, 0.1) is 6.92 Å². The smallest absolute Gasteiger partial charge is 0.278 e. The van der Waals surface area contributed by atoms with Crippen molar-refractivity contribution in [3.05, 3.63) is 76.7 Å². The SMILES string of the molecule is Cc1ccc(NC(=O)CSc2nc3c(-c4ccccc4)cn(C)c3c(=O)n2C2CC2)cc1. The van der Waals surface area contributed by atoms with E-state index in [0.29, 0.717) is 16.2 Å². The van der Waals surface area contributed by atoms with Gasteiger partial charge in [-0.15, -0.1) is 0 Å². The Hall–Kier alpha value is -3.32. The molecular weight excluding hydrogens is 420 g/mol. The van der Waals surface area contributed by atoms with Crippen LogP contribution in [0.1, 0.15) is 24.4 Å². The third-order valence-corrected chi connectivity index (χ3v) is 6.61. The van der Waals surface area contributed by atoms with Gasteiger partial charge in [0.2, 0.25) is 5.91 Å². The van der Waals surface area contributed by atoms with Gasteiger partial charge in [0, 0.05) is 30.5 Å². The van der Waals surface area contributed by atoms with E-state index >= 15 is 0 Å². The van der Waals surface area contributed by atoms with Crippen molar-refractivity contribution in [2.45, 2.75) is 31.0 Å². The van der Waals surface area contributed by atoms with Gasteiger partial charge in [-0.2, -0.15) is 0 Å². The molecule has 0 radical (unpaired) electrons. The first-order valence-electron chi connectivity index (χ1n) is 10.7. The topological polar surface area (TPSA) is 68.9 Å². The number of anilines is 1. The Kier molecular flexibility index (Phi) is 5.35. The van der Waals surface area contributed by atoms with E-state index in [2.05, 4.69) is 5.32 Å². The maximum absolute atomic E-state index is 13.5. The quantitative estimate of drug-likeness (QED) is 0.343. The van der Waals surface area contributed by atoms with E-state index in [-0.39, 0.29) is 23.3 Å². The van der Waals surface area contributed by atoms with Gasteiger partial charge >= 0.3 is 0 Å². The molecule has 0 spiro atoms. The first-order valence-corrected chi connectivity index (χ1v) is 11.7. The molecule has 2 heterocycles. The van der Waals surface area contributed by atoms with E-state index in [1.165, 1.54) is 11.8 Å². The van der Waals surface area contributed by atoms with Crippen molar-refractivity contribution in [3.63, 3.8) is 0 Å². The number of fused-ring (bicyclic) bond motifs is 1. The minimum atomic E-state index is -0.119. The van der Waals surface area contributed by atoms with Crippen molar-refractivity contribution in [1.82, 2.24) is 14.1 Å². The van der Waals surface area contributed by atoms with Crippen molar-refractivity contribution >= 4 is 34.4 Å². The number of hydrogen-bond acceptors (Lipinski definition) is 4. The van der Waals surface area contributed by atoms with Gasteiger partial charge in [-0.05, 0) is 37.5 Å². The molecule has 5 rings (SSSR count). The standard InChI is InChI=1S/C25H24N4O2S/c1-16-8-10-18(11-9-16)26-21(30)15-32-25-27-22-20(17-6-4-3-5-7-17)14-28(2)23(22)24(31)29(25)19-12-13-19/h3-11,14,19H,12-13,15H2,1-2H3,(H,26,30). The lowest BCUT2D eigenvalue weighted by molar-refractivity contribution is -0.113. The Morgan fingerprint density at radius 1 is 1.12 bits per heavy atom. The zero-order valence-corrected chi connectivity index (χ0v) is 18.9. The number of carbonyl (C=O) groups is 1. The van der Waals surface area contributed by atoms with Crippen molar-refractivity contribution < 1.29 is 4.79 Å². The summed E-state index contributed by atoms with van der Waals surface area (Å²) in [5.41, 5.74) is 5.09. The number of aryl methyl sites for hydroxylation is 2. The molecule has 1 aliphatic rings. The third kappa shape index (κ3) is 3.96. The van der Waals surface area contributed by atoms with E-state index < -0.39 is 0 Å². The number of nitrogens with zero attached hydrogens (tertiary/aromatic N) is 3. The summed E-state index contributed by atoms with van der Waals surface area (Å²) in [4.78, 5) is 30.9. The third-order valence-electron chi connectivity index (χ3n) is 5.65. The molecule has 2 aromatic carbocycles. The zero-order chi connectivity index (χ0) is 22.2. The first-order chi connectivity index (χ1) is 15.5. The summed E-state index contributed by atoms with van der Waals surface area (Å²) in [6, 6.07) is 17.8. The lowest BCUT2D eigenvalue weighted by Gasteiger charge is -2.12. The predicted octanol–water partition coefficient (Wildman–Crippen LogP) is 4.78. The highest BCUT2D eigenvalue weighted by molar-refractivity contribution is 7.99. The van der Waals surface area contributed by atoms with Gasteiger partial charge in [0.1, 0.15) is 11.0 Å². The van der Waals surface area contributed by atoms with E-state index in [1.54, 1.807) is 4.57 Å². The average Bonchev–Trinajstić information content (AvgIpc) is 3.57. The molecule has 2 aromatic heterocycles. The molecule has 0 aliphatic heterocycles. The van der Waals surface area contributed by atoms with Gasteiger partial charge < -0.3 is 9.88 Å². The predicted molar refractivity (Wildman–Crippen MR) is 129 cm³/mol. The fourth-order valence-corrected chi connectivity index (χ4v) is 4.74. The molecule has 1 N–H and O–H groups in total. The minimum absolute atomic E-state index is 0.0383. The molecule has 1 fully saturated rings. The molecule has 4 aromatic rings. The summed E-state index contributed by atoms with van der Waals surface area (Å²) in [7, 11) is 1.89. The van der Waals surface area contributed by atoms with Crippen LogP contribution in [0.2, 0.25) is 0 Å². The van der Waals surface area contributed by atoms with Gasteiger partial charge in [0.15, 0.2) is 5.16 Å². The summed E-state index contributed by atoms with van der Waals surface area (Å²) in [6.45, 7) is 2.01. The van der Waals surface area contributed by atoms with E-state index in [1.807, 2.05) is 79.3 Å². The maximum Gasteiger partial charge on any atom is 0.278 e. The fraction of sp³-hybridized carbons (Fsp3) is 0.240. The van der Waals surface area contributed by atoms with Crippen LogP contribution in [0.15, 0.2) is 70.7 Å². The van der Waals surface area contributed by atoms with Crippen LogP contribution < -0.4 is 10.9 Å². The van der Waals surface area contributed by atoms with Crippen molar-refractivity contribution in [1.29, 1.82) is 0 Å². The molecule has 6 nitrogen and oxygen atoms in total. The number of hydrogen-bond donors (Lipinski definition) is 1. The van der Waals surface area contributed by atoms with Crippen LogP contribution in [0.25, 0.3) is 22.2 Å². The lowest BCUT2D eigenvalue weighted by atomic mass is 10.1. The number of carbonyl (C=O) groups excluding carboxylic acids is 1. The minimum Gasteiger partial charge on any atom is -0.344 e. The molecule has 0 bridgehead atoms. The van der Waals surface area contributed by atoms with Crippen LogP contribution >= 0.6 is 11.8 Å². The molecule has 0 atom stereocenters. The lowest BCUT2D eigenvalue weighted by Crippen LogP contribution is -2.24. The van der Waals surface area contributed by atoms with Crippen molar-refractivity contribution in [2.24, 2.45) is 7.05 Å². The summed E-state index contributed by atoms with van der Waals surface area (Å²) in [6.07, 6.45) is 3.89. The van der Waals surface area contributed by atoms with Gasteiger partial charge in [-0.3, -0.25) is 14.2 Å². The summed E-state index contributed by atoms with van der Waals surface area (Å²) < 4.78 is 3.64. The highest BCUT2D eigenvalue weighted by Crippen LogP contribution is 2.38. The second-order valence-electron chi connectivity index (χ2n) is 8.22. The molecule has 1 saturated carbocycles. The van der Waals surface area contributed by atoms with Crippen LogP contribution in [0.4, 0.5) is 5.69 Å². The van der Waals surface area contributed by atoms with Gasteiger partial charge in [-0.25, -0.2) is 4.98 Å². The first kappa shape index (κ1) is 20.6.